The topological polar surface area (TPSA) is 65.1 Å². The second-order valence-electron chi connectivity index (χ2n) is 6.31. The minimum Gasteiger partial charge on any atom is -0.496 e. The van der Waals surface area contributed by atoms with Gasteiger partial charge in [0.25, 0.3) is 0 Å². The first-order chi connectivity index (χ1) is 13.5. The van der Waals surface area contributed by atoms with Crippen LogP contribution in [0, 0.1) is 17.1 Å². The van der Waals surface area contributed by atoms with E-state index in [0.717, 1.165) is 17.0 Å². The van der Waals surface area contributed by atoms with Gasteiger partial charge in [-0.05, 0) is 50.3 Å². The zero-order chi connectivity index (χ0) is 20.1. The largest absolute Gasteiger partial charge is 0.496 e. The summed E-state index contributed by atoms with van der Waals surface area (Å²) in [6.45, 7) is 4.87. The molecule has 0 radical (unpaired) electrons. The van der Waals surface area contributed by atoms with Gasteiger partial charge in [-0.1, -0.05) is 29.8 Å². The number of para-hydroxylation sites is 1. The Morgan fingerprint density at radius 3 is 2.54 bits per heavy atom. The van der Waals surface area contributed by atoms with Gasteiger partial charge in [0.2, 0.25) is 4.77 Å². The number of rotatable bonds is 7. The van der Waals surface area contributed by atoms with Gasteiger partial charge in [-0.25, -0.2) is 4.68 Å². The summed E-state index contributed by atoms with van der Waals surface area (Å²) in [6, 6.07) is 15.9. The number of hydrogen-bond donors (Lipinski definition) is 1. The van der Waals surface area contributed by atoms with E-state index in [1.807, 2.05) is 66.9 Å². The SMILES string of the molecule is CCOC(=N)CCn1nc(-c2ccccc2OC)n(-c2ccc(C)cc2)c1=S. The van der Waals surface area contributed by atoms with Crippen molar-refractivity contribution in [3.8, 4) is 22.8 Å². The summed E-state index contributed by atoms with van der Waals surface area (Å²) in [4.78, 5) is 0. The van der Waals surface area contributed by atoms with E-state index in [1.165, 1.54) is 5.56 Å². The number of benzene rings is 2. The van der Waals surface area contributed by atoms with E-state index < -0.39 is 0 Å². The summed E-state index contributed by atoms with van der Waals surface area (Å²) in [7, 11) is 1.64. The van der Waals surface area contributed by atoms with Gasteiger partial charge in [0, 0.05) is 12.1 Å². The molecule has 1 heterocycles. The van der Waals surface area contributed by atoms with Crippen LogP contribution in [0.3, 0.4) is 0 Å². The van der Waals surface area contributed by atoms with Gasteiger partial charge >= 0.3 is 0 Å². The van der Waals surface area contributed by atoms with Crippen LogP contribution in [0.4, 0.5) is 0 Å². The van der Waals surface area contributed by atoms with E-state index in [1.54, 1.807) is 11.8 Å². The number of ether oxygens (including phenoxy) is 2. The number of nitrogens with zero attached hydrogens (tertiary/aromatic N) is 3. The fourth-order valence-electron chi connectivity index (χ4n) is 2.94. The highest BCUT2D eigenvalue weighted by Crippen LogP contribution is 2.30. The third-order valence-electron chi connectivity index (χ3n) is 4.35. The molecule has 0 atom stereocenters. The van der Waals surface area contributed by atoms with Crippen molar-refractivity contribution in [3.05, 3.63) is 58.9 Å². The first-order valence-electron chi connectivity index (χ1n) is 9.15. The third kappa shape index (κ3) is 4.14. The average molecular weight is 397 g/mol. The van der Waals surface area contributed by atoms with E-state index in [9.17, 15) is 0 Å². The molecule has 0 aliphatic rings. The van der Waals surface area contributed by atoms with Crippen molar-refractivity contribution in [1.82, 2.24) is 14.3 Å². The maximum Gasteiger partial charge on any atom is 0.202 e. The molecule has 0 bridgehead atoms. The average Bonchev–Trinajstić information content (AvgIpc) is 3.03. The first kappa shape index (κ1) is 19.8. The van der Waals surface area contributed by atoms with Crippen molar-refractivity contribution in [3.63, 3.8) is 0 Å². The van der Waals surface area contributed by atoms with Gasteiger partial charge in [-0.2, -0.15) is 5.10 Å². The van der Waals surface area contributed by atoms with Crippen LogP contribution in [0.1, 0.15) is 18.9 Å². The highest BCUT2D eigenvalue weighted by Gasteiger charge is 2.18. The standard InChI is InChI=1S/C21H24N4O2S/c1-4-27-19(22)13-14-24-21(28)25(16-11-9-15(2)10-12-16)20(23-24)17-7-5-6-8-18(17)26-3/h5-12,22H,4,13-14H2,1-3H3. The Hall–Kier alpha value is -2.93. The number of nitrogens with one attached hydrogen (secondary N) is 1. The molecule has 146 valence electrons. The van der Waals surface area contributed by atoms with Crippen molar-refractivity contribution in [2.24, 2.45) is 0 Å². The molecule has 2 aromatic carbocycles. The van der Waals surface area contributed by atoms with Gasteiger partial charge < -0.3 is 9.47 Å². The van der Waals surface area contributed by atoms with Crippen LogP contribution in [0.2, 0.25) is 0 Å². The van der Waals surface area contributed by atoms with E-state index in [0.29, 0.717) is 30.2 Å². The van der Waals surface area contributed by atoms with Crippen LogP contribution in [-0.4, -0.2) is 34.0 Å². The third-order valence-corrected chi connectivity index (χ3v) is 4.74. The molecule has 0 fully saturated rings. The summed E-state index contributed by atoms with van der Waals surface area (Å²) < 4.78 is 15.0. The van der Waals surface area contributed by atoms with Crippen LogP contribution < -0.4 is 4.74 Å². The molecule has 0 spiro atoms. The number of aromatic nitrogens is 3. The lowest BCUT2D eigenvalue weighted by Gasteiger charge is -2.10. The van der Waals surface area contributed by atoms with Gasteiger partial charge in [0.1, 0.15) is 5.75 Å². The van der Waals surface area contributed by atoms with E-state index >= 15 is 0 Å². The lowest BCUT2D eigenvalue weighted by molar-refractivity contribution is 0.310. The Balaban J connectivity index is 2.11. The molecule has 1 N–H and O–H groups in total. The molecule has 28 heavy (non-hydrogen) atoms. The zero-order valence-corrected chi connectivity index (χ0v) is 17.1. The fraction of sp³-hybridized carbons (Fsp3) is 0.286. The molecule has 6 nitrogen and oxygen atoms in total. The molecule has 0 aliphatic heterocycles. The molecule has 0 saturated heterocycles. The lowest BCUT2D eigenvalue weighted by atomic mass is 10.1. The summed E-state index contributed by atoms with van der Waals surface area (Å²) >= 11 is 5.74. The quantitative estimate of drug-likeness (QED) is 0.354. The smallest absolute Gasteiger partial charge is 0.202 e. The molecule has 3 aromatic rings. The van der Waals surface area contributed by atoms with Gasteiger partial charge in [0.15, 0.2) is 11.7 Å². The Morgan fingerprint density at radius 2 is 1.86 bits per heavy atom. The second-order valence-corrected chi connectivity index (χ2v) is 6.67. The molecule has 0 unspecified atom stereocenters. The normalized spacial score (nSPS) is 10.7. The van der Waals surface area contributed by atoms with Crippen molar-refractivity contribution < 1.29 is 9.47 Å². The maximum atomic E-state index is 7.86. The van der Waals surface area contributed by atoms with E-state index in [4.69, 9.17) is 32.2 Å². The van der Waals surface area contributed by atoms with Crippen LogP contribution in [0.25, 0.3) is 17.1 Å². The summed E-state index contributed by atoms with van der Waals surface area (Å²) in [5.41, 5.74) is 2.96. The molecule has 3 rings (SSSR count). The van der Waals surface area contributed by atoms with Crippen molar-refractivity contribution in [2.75, 3.05) is 13.7 Å². The van der Waals surface area contributed by atoms with Crippen LogP contribution in [0.15, 0.2) is 48.5 Å². The van der Waals surface area contributed by atoms with Gasteiger partial charge in [-0.15, -0.1) is 0 Å². The van der Waals surface area contributed by atoms with Gasteiger partial charge in [-0.3, -0.25) is 9.98 Å². The summed E-state index contributed by atoms with van der Waals surface area (Å²) in [5.74, 6) is 1.66. The van der Waals surface area contributed by atoms with Crippen molar-refractivity contribution in [1.29, 1.82) is 5.41 Å². The number of methoxy groups -OCH3 is 1. The predicted octanol–water partition coefficient (Wildman–Crippen LogP) is 4.79. The van der Waals surface area contributed by atoms with Crippen molar-refractivity contribution >= 4 is 18.1 Å². The molecule has 0 aliphatic carbocycles. The maximum absolute atomic E-state index is 7.86. The van der Waals surface area contributed by atoms with Crippen molar-refractivity contribution in [2.45, 2.75) is 26.8 Å². The first-order valence-corrected chi connectivity index (χ1v) is 9.56. The summed E-state index contributed by atoms with van der Waals surface area (Å²) in [6.07, 6.45) is 0.429. The molecular formula is C21H24N4O2S. The Morgan fingerprint density at radius 1 is 1.14 bits per heavy atom. The molecule has 0 saturated carbocycles. The zero-order valence-electron chi connectivity index (χ0n) is 16.3. The fourth-order valence-corrected chi connectivity index (χ4v) is 3.26. The Bertz CT molecular complexity index is 1020. The number of aryl methyl sites for hydroxylation is 2. The van der Waals surface area contributed by atoms with Crippen LogP contribution in [-0.2, 0) is 11.3 Å². The van der Waals surface area contributed by atoms with E-state index in [2.05, 4.69) is 0 Å². The minimum atomic E-state index is 0.230. The van der Waals surface area contributed by atoms with Crippen LogP contribution in [0.5, 0.6) is 5.75 Å². The second kappa shape index (κ2) is 8.84. The monoisotopic (exact) mass is 396 g/mol. The molecular weight excluding hydrogens is 372 g/mol. The minimum absolute atomic E-state index is 0.230. The Kier molecular flexibility index (Phi) is 6.26. The van der Waals surface area contributed by atoms with Crippen LogP contribution >= 0.6 is 12.2 Å². The molecule has 1 aromatic heterocycles. The van der Waals surface area contributed by atoms with E-state index in [-0.39, 0.29) is 5.90 Å². The predicted molar refractivity (Wildman–Crippen MR) is 113 cm³/mol. The Labute approximate surface area is 169 Å². The van der Waals surface area contributed by atoms with Gasteiger partial charge in [0.05, 0.1) is 25.8 Å². The molecule has 0 amide bonds. The number of hydrogen-bond acceptors (Lipinski definition) is 5. The molecule has 7 heteroatoms. The highest BCUT2D eigenvalue weighted by atomic mass is 32.1. The lowest BCUT2D eigenvalue weighted by Crippen LogP contribution is -2.09. The highest BCUT2D eigenvalue weighted by molar-refractivity contribution is 7.71. The summed E-state index contributed by atoms with van der Waals surface area (Å²) in [5, 5.41) is 12.6.